The van der Waals surface area contributed by atoms with Crippen LogP contribution in [0.1, 0.15) is 24.5 Å². The summed E-state index contributed by atoms with van der Waals surface area (Å²) in [5, 5.41) is 1.05. The Morgan fingerprint density at radius 2 is 2.14 bits per heavy atom. The van der Waals surface area contributed by atoms with Crippen molar-refractivity contribution in [3.8, 4) is 5.75 Å². The van der Waals surface area contributed by atoms with Gasteiger partial charge in [-0.05, 0) is 38.3 Å². The molecule has 0 radical (unpaired) electrons. The van der Waals surface area contributed by atoms with E-state index in [0.29, 0.717) is 0 Å². The Balaban J connectivity index is 2.79. The normalized spacial score (nSPS) is 10.2. The van der Waals surface area contributed by atoms with Crippen molar-refractivity contribution in [3.63, 3.8) is 0 Å². The highest BCUT2D eigenvalue weighted by molar-refractivity contribution is 9.09. The molecule has 1 aromatic carbocycles. The van der Waals surface area contributed by atoms with E-state index in [2.05, 4.69) is 41.1 Å². The summed E-state index contributed by atoms with van der Waals surface area (Å²) < 4.78 is 5.57. The Kier molecular flexibility index (Phi) is 5.02. The second kappa shape index (κ2) is 6.07. The van der Waals surface area contributed by atoms with Gasteiger partial charge in [0.05, 0.1) is 6.61 Å². The van der Waals surface area contributed by atoms with E-state index >= 15 is 0 Å². The Labute approximate surface area is 94.6 Å². The molecule has 0 saturated heterocycles. The molecule has 0 saturated carbocycles. The fraction of sp³-hybridized carbons (Fsp3) is 0.500. The van der Waals surface area contributed by atoms with Crippen molar-refractivity contribution in [3.05, 3.63) is 29.3 Å². The van der Waals surface area contributed by atoms with Gasteiger partial charge in [0.15, 0.2) is 0 Å². The lowest BCUT2D eigenvalue weighted by atomic mass is 10.1. The van der Waals surface area contributed by atoms with E-state index in [9.17, 15) is 0 Å². The van der Waals surface area contributed by atoms with E-state index in [1.165, 1.54) is 11.1 Å². The molecule has 78 valence electrons. The third-order valence-electron chi connectivity index (χ3n) is 2.10. The first-order valence-corrected chi connectivity index (χ1v) is 6.18. The van der Waals surface area contributed by atoms with Gasteiger partial charge < -0.3 is 4.74 Å². The smallest absolute Gasteiger partial charge is 0.122 e. The Morgan fingerprint density at radius 1 is 1.36 bits per heavy atom. The van der Waals surface area contributed by atoms with Gasteiger partial charge in [-0.1, -0.05) is 33.6 Å². The van der Waals surface area contributed by atoms with Gasteiger partial charge >= 0.3 is 0 Å². The summed E-state index contributed by atoms with van der Waals surface area (Å²) in [5.74, 6) is 1.04. The molecule has 0 N–H and O–H groups in total. The summed E-state index contributed by atoms with van der Waals surface area (Å²) >= 11 is 3.45. The summed E-state index contributed by atoms with van der Waals surface area (Å²) in [5.41, 5.74) is 2.63. The van der Waals surface area contributed by atoms with Gasteiger partial charge in [-0.3, -0.25) is 0 Å². The molecular weight excluding hydrogens is 240 g/mol. The van der Waals surface area contributed by atoms with E-state index < -0.39 is 0 Å². The molecule has 0 aliphatic rings. The van der Waals surface area contributed by atoms with Crippen LogP contribution in [-0.2, 0) is 6.42 Å². The minimum atomic E-state index is 0.740. The van der Waals surface area contributed by atoms with Crippen molar-refractivity contribution in [1.29, 1.82) is 0 Å². The van der Waals surface area contributed by atoms with E-state index in [0.717, 1.165) is 30.5 Å². The van der Waals surface area contributed by atoms with Crippen molar-refractivity contribution in [1.82, 2.24) is 0 Å². The lowest BCUT2D eigenvalue weighted by Crippen LogP contribution is -1.97. The summed E-state index contributed by atoms with van der Waals surface area (Å²) in [6, 6.07) is 6.39. The number of alkyl halides is 1. The number of rotatable bonds is 5. The van der Waals surface area contributed by atoms with Crippen LogP contribution in [0.25, 0.3) is 0 Å². The van der Waals surface area contributed by atoms with E-state index in [1.807, 2.05) is 6.92 Å². The lowest BCUT2D eigenvalue weighted by Gasteiger charge is -2.10. The highest BCUT2D eigenvalue weighted by atomic mass is 79.9. The van der Waals surface area contributed by atoms with Crippen LogP contribution in [0.5, 0.6) is 5.75 Å². The Bertz CT molecular complexity index is 284. The predicted molar refractivity (Wildman–Crippen MR) is 64.5 cm³/mol. The second-order valence-corrected chi connectivity index (χ2v) is 4.13. The fourth-order valence-corrected chi connectivity index (χ4v) is 1.74. The molecule has 0 fully saturated rings. The summed E-state index contributed by atoms with van der Waals surface area (Å²) in [6.45, 7) is 4.88. The van der Waals surface area contributed by atoms with Gasteiger partial charge in [0.2, 0.25) is 0 Å². The topological polar surface area (TPSA) is 9.23 Å². The molecule has 1 rings (SSSR count). The van der Waals surface area contributed by atoms with Crippen molar-refractivity contribution in [2.24, 2.45) is 0 Å². The van der Waals surface area contributed by atoms with Crippen molar-refractivity contribution >= 4 is 15.9 Å². The number of hydrogen-bond acceptors (Lipinski definition) is 1. The van der Waals surface area contributed by atoms with E-state index in [-0.39, 0.29) is 0 Å². The highest BCUT2D eigenvalue weighted by Gasteiger charge is 2.02. The maximum absolute atomic E-state index is 5.57. The van der Waals surface area contributed by atoms with Gasteiger partial charge in [-0.25, -0.2) is 0 Å². The molecular formula is C12H17BrO. The van der Waals surface area contributed by atoms with Crippen LogP contribution in [0.2, 0.25) is 0 Å². The highest BCUT2D eigenvalue weighted by Crippen LogP contribution is 2.21. The van der Waals surface area contributed by atoms with Gasteiger partial charge in [0.25, 0.3) is 0 Å². The largest absolute Gasteiger partial charge is 0.494 e. The summed E-state index contributed by atoms with van der Waals surface area (Å²) in [4.78, 5) is 0. The maximum Gasteiger partial charge on any atom is 0.122 e. The lowest BCUT2D eigenvalue weighted by molar-refractivity contribution is 0.336. The number of hydrogen-bond donors (Lipinski definition) is 0. The first kappa shape index (κ1) is 11.6. The number of aryl methyl sites for hydroxylation is 2. The van der Waals surface area contributed by atoms with Crippen LogP contribution in [0.15, 0.2) is 18.2 Å². The predicted octanol–water partition coefficient (Wildman–Crippen LogP) is 3.72. The summed E-state index contributed by atoms with van der Waals surface area (Å²) in [7, 11) is 0. The van der Waals surface area contributed by atoms with Crippen LogP contribution < -0.4 is 4.74 Å². The molecule has 0 aliphatic carbocycles. The van der Waals surface area contributed by atoms with Crippen molar-refractivity contribution in [2.45, 2.75) is 26.7 Å². The molecule has 0 bridgehead atoms. The number of benzene rings is 1. The molecule has 0 aliphatic heterocycles. The SMILES string of the molecule is CCOc1ccc(C)cc1CCCBr. The maximum atomic E-state index is 5.57. The van der Waals surface area contributed by atoms with E-state index in [4.69, 9.17) is 4.74 Å². The third kappa shape index (κ3) is 3.33. The molecule has 2 heteroatoms. The molecule has 0 aromatic heterocycles. The van der Waals surface area contributed by atoms with Gasteiger partial charge in [0.1, 0.15) is 5.75 Å². The van der Waals surface area contributed by atoms with Crippen LogP contribution in [0.3, 0.4) is 0 Å². The van der Waals surface area contributed by atoms with Gasteiger partial charge in [-0.15, -0.1) is 0 Å². The van der Waals surface area contributed by atoms with Gasteiger partial charge in [-0.2, -0.15) is 0 Å². The minimum absolute atomic E-state index is 0.740. The molecule has 0 heterocycles. The average Bonchev–Trinajstić information content (AvgIpc) is 2.18. The van der Waals surface area contributed by atoms with E-state index in [1.54, 1.807) is 0 Å². The second-order valence-electron chi connectivity index (χ2n) is 3.34. The molecule has 1 aromatic rings. The molecule has 14 heavy (non-hydrogen) atoms. The number of ether oxygens (including phenoxy) is 1. The van der Waals surface area contributed by atoms with Crippen LogP contribution in [0.4, 0.5) is 0 Å². The fourth-order valence-electron chi connectivity index (χ4n) is 1.46. The molecule has 0 atom stereocenters. The quantitative estimate of drug-likeness (QED) is 0.730. The van der Waals surface area contributed by atoms with Crippen LogP contribution in [0, 0.1) is 6.92 Å². The van der Waals surface area contributed by atoms with Crippen LogP contribution in [-0.4, -0.2) is 11.9 Å². The first-order chi connectivity index (χ1) is 6.77. The zero-order valence-corrected chi connectivity index (χ0v) is 10.4. The third-order valence-corrected chi connectivity index (χ3v) is 2.66. The molecule has 0 spiro atoms. The number of halogens is 1. The standard InChI is InChI=1S/C12H17BrO/c1-3-14-12-7-6-10(2)9-11(12)5-4-8-13/h6-7,9H,3-5,8H2,1-2H3. The Hall–Kier alpha value is -0.500. The molecule has 0 amide bonds. The first-order valence-electron chi connectivity index (χ1n) is 5.06. The van der Waals surface area contributed by atoms with Crippen molar-refractivity contribution < 1.29 is 4.74 Å². The molecule has 0 unspecified atom stereocenters. The summed E-state index contributed by atoms with van der Waals surface area (Å²) in [6.07, 6.45) is 2.24. The van der Waals surface area contributed by atoms with Crippen molar-refractivity contribution in [2.75, 3.05) is 11.9 Å². The molecule has 1 nitrogen and oxygen atoms in total. The Morgan fingerprint density at radius 3 is 2.79 bits per heavy atom. The van der Waals surface area contributed by atoms with Gasteiger partial charge in [0, 0.05) is 5.33 Å². The average molecular weight is 257 g/mol. The zero-order valence-electron chi connectivity index (χ0n) is 8.85. The monoisotopic (exact) mass is 256 g/mol. The zero-order chi connectivity index (χ0) is 10.4. The minimum Gasteiger partial charge on any atom is -0.494 e. The van der Waals surface area contributed by atoms with Crippen LogP contribution >= 0.6 is 15.9 Å².